The van der Waals surface area contributed by atoms with Gasteiger partial charge in [0.05, 0.1) is 36.4 Å². The van der Waals surface area contributed by atoms with E-state index in [1.54, 1.807) is 40.3 Å². The Morgan fingerprint density at radius 1 is 0.800 bits per heavy atom. The Morgan fingerprint density at radius 3 is 2.10 bits per heavy atom. The maximum atomic E-state index is 13.9. The molecule has 2 saturated heterocycles. The number of likely N-dealkylation sites (tertiary alicyclic amines) is 2. The molecule has 4 amide bonds. The van der Waals surface area contributed by atoms with Crippen LogP contribution in [0, 0.1) is 11.8 Å². The van der Waals surface area contributed by atoms with E-state index in [2.05, 4.69) is 32.1 Å². The van der Waals surface area contributed by atoms with E-state index in [0.29, 0.717) is 48.0 Å². The van der Waals surface area contributed by atoms with Gasteiger partial charge in [-0.05, 0) is 78.1 Å². The minimum absolute atomic E-state index is 0.223. The molecule has 4 aromatic carbocycles. The molecule has 6 aromatic rings. The molecule has 2 aliphatic heterocycles. The van der Waals surface area contributed by atoms with Gasteiger partial charge in [-0.3, -0.25) is 14.5 Å². The molecule has 60 heavy (non-hydrogen) atoms. The zero-order chi connectivity index (χ0) is 41.8. The van der Waals surface area contributed by atoms with Crippen LogP contribution in [0.15, 0.2) is 109 Å². The molecule has 0 spiro atoms. The number of aromatic amines is 2. The Morgan fingerprint density at radius 2 is 1.43 bits per heavy atom. The standard InChI is InChI=1S/C46H44N8O6/c1-52(46(58)59)40(32-13-7-4-8-14-32)44(56)54-26-9-15-37(54)41-47-28-34(48-41)23-19-29-17-20-30(21-18-29)33-22-24-35-36(27-33)50-42(49-35)38-16-10-25-53(38)43(55)39(51-45(57)60-2)31-11-5-3-6-12-31/h3-8,11-14,17-18,20-22,24,27-28,37-40H,9-10,15-16,25-26H2,1-2H3,(H,47,48)(H,49,50)(H,51,57)(H,58,59)/t37-,38-,39+,40+/m0/s1. The average Bonchev–Trinajstić information content (AvgIpc) is 4.12. The SMILES string of the molecule is COC(=O)N[C@@H](C(=O)N1CCC[C@H]1c1nc2ccc(-c3ccc(C#Cc4cnc([C@@H]5CCCN5C(=O)[C@@H](c5ccccc5)N(C)C(=O)O)[nH]4)cc3)cc2[nH]1)c1ccccc1. The Labute approximate surface area is 346 Å². The summed E-state index contributed by atoms with van der Waals surface area (Å²) in [6, 6.07) is 29.6. The molecule has 0 radical (unpaired) electrons. The minimum atomic E-state index is -1.18. The number of likely N-dealkylation sites (N-methyl/N-ethyl adjacent to an activating group) is 1. The Balaban J connectivity index is 0.947. The van der Waals surface area contributed by atoms with E-state index in [0.717, 1.165) is 51.9 Å². The van der Waals surface area contributed by atoms with Crippen molar-refractivity contribution in [3.8, 4) is 23.0 Å². The summed E-state index contributed by atoms with van der Waals surface area (Å²) in [5.41, 5.74) is 6.31. The van der Waals surface area contributed by atoms with Crippen LogP contribution in [0.1, 0.15) is 83.9 Å². The van der Waals surface area contributed by atoms with Gasteiger partial charge in [-0.25, -0.2) is 19.6 Å². The van der Waals surface area contributed by atoms with Crippen LogP contribution in [0.2, 0.25) is 0 Å². The molecule has 14 heteroatoms. The molecule has 4 N–H and O–H groups in total. The van der Waals surface area contributed by atoms with Gasteiger partial charge in [0.2, 0.25) is 0 Å². The molecule has 2 fully saturated rings. The van der Waals surface area contributed by atoms with Gasteiger partial charge in [-0.1, -0.05) is 84.8 Å². The van der Waals surface area contributed by atoms with Gasteiger partial charge >= 0.3 is 12.2 Å². The smallest absolute Gasteiger partial charge is 0.407 e. The summed E-state index contributed by atoms with van der Waals surface area (Å²) in [6.45, 7) is 1.04. The normalized spacial score (nSPS) is 17.1. The highest BCUT2D eigenvalue weighted by Crippen LogP contribution is 2.36. The minimum Gasteiger partial charge on any atom is -0.465 e. The number of hydrogen-bond donors (Lipinski definition) is 4. The second-order valence-corrected chi connectivity index (χ2v) is 14.9. The van der Waals surface area contributed by atoms with Crippen molar-refractivity contribution in [1.29, 1.82) is 0 Å². The van der Waals surface area contributed by atoms with E-state index in [9.17, 15) is 24.3 Å². The highest BCUT2D eigenvalue weighted by molar-refractivity contribution is 5.88. The third kappa shape index (κ3) is 8.15. The number of fused-ring (bicyclic) bond motifs is 1. The number of methoxy groups -OCH3 is 1. The number of hydrogen-bond acceptors (Lipinski definition) is 7. The summed E-state index contributed by atoms with van der Waals surface area (Å²) in [5, 5.41) is 12.5. The number of alkyl carbamates (subject to hydrolysis) is 1. The molecule has 0 bridgehead atoms. The summed E-state index contributed by atoms with van der Waals surface area (Å²) < 4.78 is 4.83. The summed E-state index contributed by atoms with van der Waals surface area (Å²) in [4.78, 5) is 72.8. The lowest BCUT2D eigenvalue weighted by atomic mass is 10.0. The van der Waals surface area contributed by atoms with Crippen molar-refractivity contribution in [2.45, 2.75) is 49.9 Å². The Hall–Kier alpha value is -7.40. The first-order chi connectivity index (χ1) is 29.2. The third-order valence-electron chi connectivity index (χ3n) is 11.2. The lowest BCUT2D eigenvalue weighted by Crippen LogP contribution is -2.43. The van der Waals surface area contributed by atoms with Crippen LogP contribution in [-0.4, -0.2) is 91.0 Å². The molecule has 4 heterocycles. The predicted molar refractivity (Wildman–Crippen MR) is 223 cm³/mol. The Bertz CT molecular complexity index is 2580. The summed E-state index contributed by atoms with van der Waals surface area (Å²) in [6.07, 6.45) is 2.80. The molecule has 2 aliphatic rings. The van der Waals surface area contributed by atoms with Crippen molar-refractivity contribution in [2.75, 3.05) is 27.2 Å². The number of rotatable bonds is 9. The van der Waals surface area contributed by atoms with Crippen LogP contribution >= 0.6 is 0 Å². The average molecular weight is 805 g/mol. The van der Waals surface area contributed by atoms with Crippen LogP contribution in [0.25, 0.3) is 22.2 Å². The van der Waals surface area contributed by atoms with Crippen molar-refractivity contribution < 1.29 is 29.0 Å². The number of aromatic nitrogens is 4. The number of benzene rings is 4. The van der Waals surface area contributed by atoms with Gasteiger partial charge in [-0.2, -0.15) is 0 Å². The molecular formula is C46H44N8O6. The van der Waals surface area contributed by atoms with Crippen LogP contribution in [0.5, 0.6) is 0 Å². The lowest BCUT2D eigenvalue weighted by Gasteiger charge is -2.32. The van der Waals surface area contributed by atoms with Crippen molar-refractivity contribution in [2.24, 2.45) is 0 Å². The predicted octanol–water partition coefficient (Wildman–Crippen LogP) is 7.13. The number of ether oxygens (including phenoxy) is 1. The Kier molecular flexibility index (Phi) is 11.3. The van der Waals surface area contributed by atoms with E-state index in [1.165, 1.54) is 14.2 Å². The molecule has 2 aromatic heterocycles. The van der Waals surface area contributed by atoms with Crippen molar-refractivity contribution in [3.63, 3.8) is 0 Å². The van der Waals surface area contributed by atoms with Gasteiger partial charge in [0.15, 0.2) is 0 Å². The maximum Gasteiger partial charge on any atom is 0.407 e. The van der Waals surface area contributed by atoms with Crippen molar-refractivity contribution in [3.05, 3.63) is 143 Å². The zero-order valence-electron chi connectivity index (χ0n) is 33.2. The van der Waals surface area contributed by atoms with E-state index in [4.69, 9.17) is 9.72 Å². The van der Waals surface area contributed by atoms with Gasteiger partial charge in [0.25, 0.3) is 11.8 Å². The first-order valence-corrected chi connectivity index (χ1v) is 19.9. The first kappa shape index (κ1) is 39.4. The van der Waals surface area contributed by atoms with E-state index < -0.39 is 24.3 Å². The van der Waals surface area contributed by atoms with Gasteiger partial charge in [-0.15, -0.1) is 0 Å². The summed E-state index contributed by atoms with van der Waals surface area (Å²) in [7, 11) is 2.69. The van der Waals surface area contributed by atoms with E-state index in [1.807, 2.05) is 78.9 Å². The third-order valence-corrected chi connectivity index (χ3v) is 11.2. The molecular weight excluding hydrogens is 761 g/mol. The zero-order valence-corrected chi connectivity index (χ0v) is 33.2. The van der Waals surface area contributed by atoms with Crippen molar-refractivity contribution in [1.82, 2.24) is 40.0 Å². The molecule has 304 valence electrons. The summed E-state index contributed by atoms with van der Waals surface area (Å²) >= 11 is 0. The first-order valence-electron chi connectivity index (χ1n) is 19.9. The highest BCUT2D eigenvalue weighted by atomic mass is 16.5. The summed E-state index contributed by atoms with van der Waals surface area (Å²) in [5.74, 6) is 7.15. The van der Waals surface area contributed by atoms with Gasteiger partial charge in [0.1, 0.15) is 29.4 Å². The molecule has 14 nitrogen and oxygen atoms in total. The van der Waals surface area contributed by atoms with Crippen molar-refractivity contribution >= 4 is 35.0 Å². The van der Waals surface area contributed by atoms with Crippen LogP contribution in [0.3, 0.4) is 0 Å². The van der Waals surface area contributed by atoms with Gasteiger partial charge < -0.3 is 34.9 Å². The molecule has 4 atom stereocenters. The van der Waals surface area contributed by atoms with Crippen LogP contribution in [-0.2, 0) is 14.3 Å². The quantitative estimate of drug-likeness (QED) is 0.112. The number of imidazole rings is 2. The fourth-order valence-corrected chi connectivity index (χ4v) is 8.16. The number of carboxylic acid groups (broad SMARTS) is 1. The fraction of sp³-hybridized carbons (Fsp3) is 0.261. The number of carbonyl (C=O) groups excluding carboxylic acids is 3. The fourth-order valence-electron chi connectivity index (χ4n) is 8.16. The second-order valence-electron chi connectivity index (χ2n) is 14.9. The number of H-pyrrole nitrogens is 2. The lowest BCUT2D eigenvalue weighted by molar-refractivity contribution is -0.137. The molecule has 0 aliphatic carbocycles. The molecule has 0 saturated carbocycles. The largest absolute Gasteiger partial charge is 0.465 e. The second kappa shape index (κ2) is 17.2. The van der Waals surface area contributed by atoms with E-state index in [-0.39, 0.29) is 23.9 Å². The number of nitrogens with one attached hydrogen (secondary N) is 3. The number of nitrogens with zero attached hydrogens (tertiary/aromatic N) is 5. The highest BCUT2D eigenvalue weighted by Gasteiger charge is 2.40. The number of carbonyl (C=O) groups is 4. The number of amides is 4. The van der Waals surface area contributed by atoms with E-state index >= 15 is 0 Å². The topological polar surface area (TPSA) is 177 Å². The molecule has 0 unspecified atom stereocenters. The maximum absolute atomic E-state index is 13.9. The van der Waals surface area contributed by atoms with Crippen LogP contribution < -0.4 is 5.32 Å². The molecule has 8 rings (SSSR count). The van der Waals surface area contributed by atoms with Crippen LogP contribution in [0.4, 0.5) is 9.59 Å². The van der Waals surface area contributed by atoms with Gasteiger partial charge in [0, 0.05) is 25.7 Å². The monoisotopic (exact) mass is 804 g/mol.